The number of carbonyl (C=O) groups excluding carboxylic acids is 1. The minimum atomic E-state index is -0.472. The molecule has 2 atom stereocenters. The second kappa shape index (κ2) is 10.0. The van der Waals surface area contributed by atoms with E-state index in [-0.39, 0.29) is 11.9 Å². The Hall–Kier alpha value is -0.830. The smallest absolute Gasteiger partial charge is 0.335 e. The van der Waals surface area contributed by atoms with Gasteiger partial charge in [0.1, 0.15) is 0 Å². The van der Waals surface area contributed by atoms with E-state index in [1.165, 1.54) is 19.3 Å². The number of rotatable bonds is 10. The average Bonchev–Trinajstić information content (AvgIpc) is 2.36. The van der Waals surface area contributed by atoms with Crippen molar-refractivity contribution in [2.75, 3.05) is 6.61 Å². The highest BCUT2D eigenvalue weighted by Crippen LogP contribution is 2.17. The second-order valence-corrected chi connectivity index (χ2v) is 5.55. The Kier molecular flexibility index (Phi) is 9.58. The van der Waals surface area contributed by atoms with Gasteiger partial charge in [0.25, 0.3) is 0 Å². The Balaban J connectivity index is 4.26. The van der Waals surface area contributed by atoms with Crippen molar-refractivity contribution in [2.24, 2.45) is 11.8 Å². The summed E-state index contributed by atoms with van der Waals surface area (Å²) in [5.41, 5.74) is 0.410. The van der Waals surface area contributed by atoms with Crippen LogP contribution in [0.4, 0.5) is 0 Å². The molecule has 0 spiro atoms. The summed E-state index contributed by atoms with van der Waals surface area (Å²) >= 11 is 0. The van der Waals surface area contributed by atoms with Gasteiger partial charge in [-0.3, -0.25) is 0 Å². The minimum absolute atomic E-state index is 0.145. The number of hydrogen-bond acceptors (Lipinski definition) is 3. The Bertz CT molecular complexity index is 271. The largest absolute Gasteiger partial charge is 0.432 e. The lowest BCUT2D eigenvalue weighted by Crippen LogP contribution is -2.29. The molecule has 0 aromatic rings. The van der Waals surface area contributed by atoms with Crippen LogP contribution in [0, 0.1) is 11.8 Å². The normalized spacial score (nSPS) is 14.2. The molecule has 3 nitrogen and oxygen atoms in total. The number of ether oxygens (including phenoxy) is 2. The summed E-state index contributed by atoms with van der Waals surface area (Å²) in [6.45, 7) is 14.2. The molecule has 0 amide bonds. The maximum atomic E-state index is 11.5. The van der Waals surface area contributed by atoms with Crippen LogP contribution in [-0.4, -0.2) is 18.9 Å². The summed E-state index contributed by atoms with van der Waals surface area (Å²) in [7, 11) is 0. The van der Waals surface area contributed by atoms with Gasteiger partial charge in [-0.05, 0) is 19.3 Å². The van der Waals surface area contributed by atoms with E-state index in [1.807, 2.05) is 13.8 Å². The van der Waals surface area contributed by atoms with Gasteiger partial charge in [-0.2, -0.15) is 0 Å². The molecular weight excluding hydrogens is 240 g/mol. The minimum Gasteiger partial charge on any atom is -0.432 e. The number of unbranched alkanes of at least 4 members (excludes halogenated alkanes) is 1. The first kappa shape index (κ1) is 18.2. The number of carbonyl (C=O) groups is 1. The molecule has 19 heavy (non-hydrogen) atoms. The molecule has 0 aliphatic carbocycles. The summed E-state index contributed by atoms with van der Waals surface area (Å²) < 4.78 is 11.1. The number of hydrogen-bond donors (Lipinski definition) is 0. The molecule has 112 valence electrons. The van der Waals surface area contributed by atoms with E-state index < -0.39 is 6.29 Å². The SMILES string of the molecule is C=C(C)C(=O)OC(OCC(CC)CCCC)C(C)C. The van der Waals surface area contributed by atoms with Gasteiger partial charge in [0.2, 0.25) is 6.29 Å². The predicted octanol–water partition coefficient (Wildman–Crippen LogP) is 4.32. The fraction of sp³-hybridized carbons (Fsp3) is 0.812. The molecule has 2 unspecified atom stereocenters. The van der Waals surface area contributed by atoms with Crippen molar-refractivity contribution in [1.82, 2.24) is 0 Å². The van der Waals surface area contributed by atoms with Gasteiger partial charge in [0.05, 0.1) is 6.61 Å². The molecule has 0 rings (SSSR count). The van der Waals surface area contributed by atoms with E-state index in [4.69, 9.17) is 9.47 Å². The van der Waals surface area contributed by atoms with Gasteiger partial charge in [0, 0.05) is 11.5 Å². The van der Waals surface area contributed by atoms with E-state index in [0.29, 0.717) is 18.1 Å². The van der Waals surface area contributed by atoms with Crippen LogP contribution >= 0.6 is 0 Å². The second-order valence-electron chi connectivity index (χ2n) is 5.55. The highest BCUT2D eigenvalue weighted by Gasteiger charge is 2.20. The summed E-state index contributed by atoms with van der Waals surface area (Å²) in [5.74, 6) is 0.317. The summed E-state index contributed by atoms with van der Waals surface area (Å²) in [6, 6.07) is 0. The van der Waals surface area contributed by atoms with Crippen LogP contribution in [0.2, 0.25) is 0 Å². The van der Waals surface area contributed by atoms with E-state index in [9.17, 15) is 4.79 Å². The molecule has 0 heterocycles. The fourth-order valence-corrected chi connectivity index (χ4v) is 1.70. The van der Waals surface area contributed by atoms with E-state index >= 15 is 0 Å². The summed E-state index contributed by atoms with van der Waals surface area (Å²) in [6.07, 6.45) is 4.22. The Labute approximate surface area is 118 Å². The van der Waals surface area contributed by atoms with E-state index in [1.54, 1.807) is 6.92 Å². The highest BCUT2D eigenvalue weighted by molar-refractivity contribution is 5.87. The van der Waals surface area contributed by atoms with E-state index in [2.05, 4.69) is 20.4 Å². The Morgan fingerprint density at radius 1 is 1.26 bits per heavy atom. The molecule has 0 saturated heterocycles. The van der Waals surface area contributed by atoms with Crippen LogP contribution in [0.15, 0.2) is 12.2 Å². The summed E-state index contributed by atoms with van der Waals surface area (Å²) in [5, 5.41) is 0. The van der Waals surface area contributed by atoms with Crippen LogP contribution < -0.4 is 0 Å². The van der Waals surface area contributed by atoms with Gasteiger partial charge >= 0.3 is 5.97 Å². The molecule has 0 radical (unpaired) electrons. The molecular formula is C16H30O3. The van der Waals surface area contributed by atoms with E-state index in [0.717, 1.165) is 6.42 Å². The average molecular weight is 270 g/mol. The molecule has 3 heteroatoms. The lowest BCUT2D eigenvalue weighted by Gasteiger charge is -2.24. The Morgan fingerprint density at radius 3 is 2.32 bits per heavy atom. The van der Waals surface area contributed by atoms with Crippen molar-refractivity contribution >= 4 is 5.97 Å². The monoisotopic (exact) mass is 270 g/mol. The number of esters is 1. The van der Waals surface area contributed by atoms with Crippen molar-refractivity contribution < 1.29 is 14.3 Å². The highest BCUT2D eigenvalue weighted by atomic mass is 16.7. The molecule has 0 saturated carbocycles. The van der Waals surface area contributed by atoms with Gasteiger partial charge < -0.3 is 9.47 Å². The molecule has 0 N–H and O–H groups in total. The fourth-order valence-electron chi connectivity index (χ4n) is 1.70. The zero-order valence-corrected chi connectivity index (χ0v) is 13.2. The van der Waals surface area contributed by atoms with Crippen molar-refractivity contribution in [3.8, 4) is 0 Å². The topological polar surface area (TPSA) is 35.5 Å². The first-order valence-corrected chi connectivity index (χ1v) is 7.40. The summed E-state index contributed by atoms with van der Waals surface area (Å²) in [4.78, 5) is 11.5. The van der Waals surface area contributed by atoms with Crippen molar-refractivity contribution in [2.45, 2.75) is 66.6 Å². The van der Waals surface area contributed by atoms with Crippen LogP contribution in [0.5, 0.6) is 0 Å². The quantitative estimate of drug-likeness (QED) is 0.337. The third-order valence-corrected chi connectivity index (χ3v) is 3.16. The standard InChI is InChI=1S/C16H30O3/c1-7-9-10-14(8-2)11-18-16(13(5)6)19-15(17)12(3)4/h13-14,16H,3,7-11H2,1-2,4-6H3. The van der Waals surface area contributed by atoms with Crippen molar-refractivity contribution in [1.29, 1.82) is 0 Å². The Morgan fingerprint density at radius 2 is 1.89 bits per heavy atom. The van der Waals surface area contributed by atoms with Gasteiger partial charge in [-0.15, -0.1) is 0 Å². The van der Waals surface area contributed by atoms with Crippen molar-refractivity contribution in [3.63, 3.8) is 0 Å². The molecule has 0 aliphatic heterocycles. The van der Waals surface area contributed by atoms with Crippen LogP contribution in [0.25, 0.3) is 0 Å². The zero-order chi connectivity index (χ0) is 14.8. The van der Waals surface area contributed by atoms with Crippen LogP contribution in [-0.2, 0) is 14.3 Å². The molecule has 0 aromatic carbocycles. The van der Waals surface area contributed by atoms with Crippen LogP contribution in [0.1, 0.15) is 60.3 Å². The van der Waals surface area contributed by atoms with Gasteiger partial charge in [-0.25, -0.2) is 4.79 Å². The van der Waals surface area contributed by atoms with Gasteiger partial charge in [-0.1, -0.05) is 53.5 Å². The molecule has 0 fully saturated rings. The zero-order valence-electron chi connectivity index (χ0n) is 13.2. The first-order chi connectivity index (χ1) is 8.92. The molecule has 0 bridgehead atoms. The maximum Gasteiger partial charge on any atom is 0.335 e. The first-order valence-electron chi connectivity index (χ1n) is 7.40. The lowest BCUT2D eigenvalue weighted by molar-refractivity contribution is -0.187. The lowest BCUT2D eigenvalue weighted by atomic mass is 10.0. The van der Waals surface area contributed by atoms with Gasteiger partial charge in [0.15, 0.2) is 0 Å². The predicted molar refractivity (Wildman–Crippen MR) is 78.8 cm³/mol. The van der Waals surface area contributed by atoms with Crippen LogP contribution in [0.3, 0.4) is 0 Å². The molecule has 0 aromatic heterocycles. The molecule has 0 aliphatic rings. The maximum absolute atomic E-state index is 11.5. The van der Waals surface area contributed by atoms with Crippen molar-refractivity contribution in [3.05, 3.63) is 12.2 Å². The third kappa shape index (κ3) is 8.04. The third-order valence-electron chi connectivity index (χ3n) is 3.16.